The van der Waals surface area contributed by atoms with Gasteiger partial charge in [-0.15, -0.1) is 0 Å². The average Bonchev–Trinajstić information content (AvgIpc) is 2.49. The van der Waals surface area contributed by atoms with E-state index < -0.39 is 0 Å². The second-order valence-corrected chi connectivity index (χ2v) is 5.56. The van der Waals surface area contributed by atoms with Crippen LogP contribution in [0.5, 0.6) is 0 Å². The van der Waals surface area contributed by atoms with Gasteiger partial charge in [-0.05, 0) is 43.7 Å². The van der Waals surface area contributed by atoms with Gasteiger partial charge < -0.3 is 10.7 Å². The Labute approximate surface area is 120 Å². The van der Waals surface area contributed by atoms with E-state index in [1.54, 1.807) is 18.3 Å². The van der Waals surface area contributed by atoms with Crippen molar-refractivity contribution in [2.24, 2.45) is 11.8 Å². The number of nitrogens with one attached hydrogen (secondary N) is 2. The molecule has 1 amide bonds. The number of carbonyl (C=O) groups is 1. The molecule has 0 saturated heterocycles. The van der Waals surface area contributed by atoms with Crippen molar-refractivity contribution in [3.63, 3.8) is 0 Å². The molecule has 5 heteroatoms. The average molecular weight is 276 g/mol. The number of amides is 1. The highest BCUT2D eigenvalue weighted by molar-refractivity contribution is 5.92. The summed E-state index contributed by atoms with van der Waals surface area (Å²) in [7, 11) is 0. The van der Waals surface area contributed by atoms with Crippen molar-refractivity contribution >= 4 is 11.6 Å². The van der Waals surface area contributed by atoms with Crippen LogP contribution in [-0.2, 0) is 0 Å². The fourth-order valence-electron chi connectivity index (χ4n) is 2.88. The fourth-order valence-corrected chi connectivity index (χ4v) is 2.88. The molecule has 1 saturated carbocycles. The quantitative estimate of drug-likeness (QED) is 0.570. The topological polar surface area (TPSA) is 80.0 Å². The van der Waals surface area contributed by atoms with Crippen LogP contribution >= 0.6 is 0 Å². The summed E-state index contributed by atoms with van der Waals surface area (Å²) < 4.78 is 0. The van der Waals surface area contributed by atoms with Gasteiger partial charge in [-0.1, -0.05) is 19.8 Å². The predicted octanol–water partition coefficient (Wildman–Crippen LogP) is 2.46. The van der Waals surface area contributed by atoms with Crippen molar-refractivity contribution in [1.82, 2.24) is 10.3 Å². The molecular weight excluding hydrogens is 252 g/mol. The number of anilines is 1. The lowest BCUT2D eigenvalue weighted by molar-refractivity contribution is 0.0916. The first-order chi connectivity index (χ1) is 9.72. The zero-order valence-electron chi connectivity index (χ0n) is 12.1. The summed E-state index contributed by atoms with van der Waals surface area (Å²) in [5.74, 6) is 6.03. The molecular formula is C15H24N4O. The smallest absolute Gasteiger partial charge is 0.270 e. The maximum Gasteiger partial charge on any atom is 0.270 e. The van der Waals surface area contributed by atoms with Crippen molar-refractivity contribution in [2.75, 3.05) is 5.43 Å². The SMILES string of the molecule is CCCC1CCC(NC(=O)c2ccc(NN)cn2)CC1. The van der Waals surface area contributed by atoms with Gasteiger partial charge in [-0.25, -0.2) is 4.98 Å². The minimum Gasteiger partial charge on any atom is -0.348 e. The van der Waals surface area contributed by atoms with Gasteiger partial charge in [0.2, 0.25) is 0 Å². The Hall–Kier alpha value is -1.62. The van der Waals surface area contributed by atoms with Crippen LogP contribution < -0.4 is 16.6 Å². The second kappa shape index (κ2) is 7.24. The molecule has 20 heavy (non-hydrogen) atoms. The number of hydrogen-bond acceptors (Lipinski definition) is 4. The summed E-state index contributed by atoms with van der Waals surface area (Å²) in [5.41, 5.74) is 3.64. The van der Waals surface area contributed by atoms with Crippen LogP contribution in [0, 0.1) is 5.92 Å². The van der Waals surface area contributed by atoms with E-state index in [9.17, 15) is 4.79 Å². The van der Waals surface area contributed by atoms with Crippen LogP contribution in [0.2, 0.25) is 0 Å². The second-order valence-electron chi connectivity index (χ2n) is 5.56. The lowest BCUT2D eigenvalue weighted by Gasteiger charge is -2.28. The number of carbonyl (C=O) groups excluding carboxylic acids is 1. The molecule has 1 aliphatic carbocycles. The molecule has 1 fully saturated rings. The summed E-state index contributed by atoms with van der Waals surface area (Å²) in [6, 6.07) is 3.73. The molecule has 0 unspecified atom stereocenters. The van der Waals surface area contributed by atoms with Gasteiger partial charge in [-0.2, -0.15) is 0 Å². The zero-order chi connectivity index (χ0) is 14.4. The number of rotatable bonds is 5. The molecule has 4 N–H and O–H groups in total. The highest BCUT2D eigenvalue weighted by Gasteiger charge is 2.22. The van der Waals surface area contributed by atoms with Gasteiger partial charge in [-0.3, -0.25) is 10.6 Å². The maximum absolute atomic E-state index is 12.1. The largest absolute Gasteiger partial charge is 0.348 e. The molecule has 1 aliphatic rings. The van der Waals surface area contributed by atoms with Crippen molar-refractivity contribution in [1.29, 1.82) is 0 Å². The third-order valence-corrected chi connectivity index (χ3v) is 4.04. The Morgan fingerprint density at radius 3 is 2.65 bits per heavy atom. The lowest BCUT2D eigenvalue weighted by atomic mass is 9.83. The van der Waals surface area contributed by atoms with Gasteiger partial charge in [0.15, 0.2) is 0 Å². The van der Waals surface area contributed by atoms with E-state index >= 15 is 0 Å². The molecule has 0 radical (unpaired) electrons. The van der Waals surface area contributed by atoms with E-state index in [1.165, 1.54) is 25.7 Å². The van der Waals surface area contributed by atoms with Crippen LogP contribution in [-0.4, -0.2) is 16.9 Å². The minimum absolute atomic E-state index is 0.0903. The maximum atomic E-state index is 12.1. The van der Waals surface area contributed by atoms with Gasteiger partial charge in [0, 0.05) is 6.04 Å². The Kier molecular flexibility index (Phi) is 5.35. The standard InChI is InChI=1S/C15H24N4O/c1-2-3-11-4-6-12(7-5-11)18-15(20)14-9-8-13(19-16)10-17-14/h8-12,19H,2-7,16H2,1H3,(H,18,20). The van der Waals surface area contributed by atoms with Crippen molar-refractivity contribution in [3.05, 3.63) is 24.0 Å². The molecule has 1 aromatic rings. The Bertz CT molecular complexity index is 424. The van der Waals surface area contributed by atoms with Gasteiger partial charge in [0.05, 0.1) is 11.9 Å². The molecule has 2 rings (SSSR count). The fraction of sp³-hybridized carbons (Fsp3) is 0.600. The molecule has 1 aromatic heterocycles. The Balaban J connectivity index is 1.82. The zero-order valence-corrected chi connectivity index (χ0v) is 12.1. The number of nitrogens with two attached hydrogens (primary N) is 1. The minimum atomic E-state index is -0.0903. The van der Waals surface area contributed by atoms with E-state index in [2.05, 4.69) is 22.7 Å². The lowest BCUT2D eigenvalue weighted by Crippen LogP contribution is -2.38. The number of hydrogen-bond donors (Lipinski definition) is 3. The van der Waals surface area contributed by atoms with Crippen LogP contribution in [0.15, 0.2) is 18.3 Å². The van der Waals surface area contributed by atoms with Crippen molar-refractivity contribution in [3.8, 4) is 0 Å². The molecule has 0 spiro atoms. The molecule has 0 atom stereocenters. The normalized spacial score (nSPS) is 22.3. The van der Waals surface area contributed by atoms with E-state index in [0.717, 1.165) is 18.8 Å². The molecule has 110 valence electrons. The van der Waals surface area contributed by atoms with Gasteiger partial charge >= 0.3 is 0 Å². The van der Waals surface area contributed by atoms with Crippen LogP contribution in [0.4, 0.5) is 5.69 Å². The number of pyridine rings is 1. The number of nitrogen functional groups attached to an aromatic ring is 1. The first kappa shape index (κ1) is 14.8. The first-order valence-electron chi connectivity index (χ1n) is 7.46. The van der Waals surface area contributed by atoms with Crippen molar-refractivity contribution < 1.29 is 4.79 Å². The van der Waals surface area contributed by atoms with Gasteiger partial charge in [0.25, 0.3) is 5.91 Å². The molecule has 5 nitrogen and oxygen atoms in total. The van der Waals surface area contributed by atoms with Crippen LogP contribution in [0.25, 0.3) is 0 Å². The number of nitrogens with zero attached hydrogens (tertiary/aromatic N) is 1. The highest BCUT2D eigenvalue weighted by atomic mass is 16.1. The van der Waals surface area contributed by atoms with Crippen LogP contribution in [0.3, 0.4) is 0 Å². The third kappa shape index (κ3) is 3.93. The Morgan fingerprint density at radius 2 is 2.10 bits per heavy atom. The van der Waals surface area contributed by atoms with E-state index in [-0.39, 0.29) is 5.91 Å². The van der Waals surface area contributed by atoms with E-state index in [1.807, 2.05) is 0 Å². The summed E-state index contributed by atoms with van der Waals surface area (Å²) in [6.45, 7) is 2.24. The molecule has 0 bridgehead atoms. The van der Waals surface area contributed by atoms with Gasteiger partial charge in [0.1, 0.15) is 5.69 Å². The molecule has 1 heterocycles. The van der Waals surface area contributed by atoms with Crippen molar-refractivity contribution in [2.45, 2.75) is 51.5 Å². The Morgan fingerprint density at radius 1 is 1.35 bits per heavy atom. The first-order valence-corrected chi connectivity index (χ1v) is 7.46. The predicted molar refractivity (Wildman–Crippen MR) is 80.2 cm³/mol. The summed E-state index contributed by atoms with van der Waals surface area (Å²) in [6.07, 6.45) is 8.75. The number of aromatic nitrogens is 1. The molecule has 0 aromatic carbocycles. The van der Waals surface area contributed by atoms with E-state index in [4.69, 9.17) is 5.84 Å². The van der Waals surface area contributed by atoms with E-state index in [0.29, 0.717) is 17.4 Å². The third-order valence-electron chi connectivity index (χ3n) is 4.04. The number of hydrazine groups is 1. The molecule has 0 aliphatic heterocycles. The highest BCUT2D eigenvalue weighted by Crippen LogP contribution is 2.27. The summed E-state index contributed by atoms with van der Waals surface area (Å²) in [5, 5.41) is 3.08. The monoisotopic (exact) mass is 276 g/mol. The summed E-state index contributed by atoms with van der Waals surface area (Å²) >= 11 is 0. The summed E-state index contributed by atoms with van der Waals surface area (Å²) in [4.78, 5) is 16.2. The van der Waals surface area contributed by atoms with Crippen LogP contribution in [0.1, 0.15) is 55.9 Å².